The third-order valence-corrected chi connectivity index (χ3v) is 5.28. The first-order valence-electron chi connectivity index (χ1n) is 8.69. The maximum absolute atomic E-state index is 5.74. The summed E-state index contributed by atoms with van der Waals surface area (Å²) in [5.41, 5.74) is 3.82. The number of aromatic nitrogens is 4. The van der Waals surface area contributed by atoms with Crippen LogP contribution in [0.2, 0.25) is 0 Å². The summed E-state index contributed by atoms with van der Waals surface area (Å²) in [6.45, 7) is 0.696. The number of thioether (sulfide) groups is 1. The van der Waals surface area contributed by atoms with Crippen LogP contribution in [0.4, 0.5) is 0 Å². The average Bonchev–Trinajstić information content (AvgIpc) is 3.33. The lowest BCUT2D eigenvalue weighted by molar-refractivity contribution is 0.489. The van der Waals surface area contributed by atoms with Crippen molar-refractivity contribution in [3.8, 4) is 0 Å². The van der Waals surface area contributed by atoms with E-state index in [1.807, 2.05) is 35.1 Å². The first-order valence-corrected chi connectivity index (χ1v) is 9.68. The third-order valence-electron chi connectivity index (χ3n) is 4.42. The van der Waals surface area contributed by atoms with Crippen LogP contribution in [-0.4, -0.2) is 20.0 Å². The lowest BCUT2D eigenvalue weighted by atomic mass is 10.0. The fourth-order valence-electron chi connectivity index (χ4n) is 3.14. The van der Waals surface area contributed by atoms with Gasteiger partial charge in [0.15, 0.2) is 5.58 Å². The molecule has 0 aliphatic carbocycles. The van der Waals surface area contributed by atoms with Gasteiger partial charge in [0.05, 0.1) is 12.2 Å². The Bertz CT molecular complexity index is 1190. The molecule has 0 unspecified atom stereocenters. The van der Waals surface area contributed by atoms with Crippen molar-refractivity contribution in [1.82, 2.24) is 20.0 Å². The van der Waals surface area contributed by atoms with Crippen LogP contribution in [0.1, 0.15) is 11.3 Å². The van der Waals surface area contributed by atoms with E-state index >= 15 is 0 Å². The van der Waals surface area contributed by atoms with Crippen LogP contribution in [0.5, 0.6) is 0 Å². The molecule has 5 rings (SSSR count). The summed E-state index contributed by atoms with van der Waals surface area (Å²) in [6, 6.07) is 22.5. The molecule has 5 aromatic rings. The maximum atomic E-state index is 5.74. The summed E-state index contributed by atoms with van der Waals surface area (Å²) < 4.78 is 7.62. The van der Waals surface area contributed by atoms with E-state index in [0.29, 0.717) is 17.5 Å². The second-order valence-electron chi connectivity index (χ2n) is 6.28. The number of para-hydroxylation sites is 2. The van der Waals surface area contributed by atoms with Crippen LogP contribution in [0.25, 0.3) is 21.9 Å². The van der Waals surface area contributed by atoms with Crippen LogP contribution >= 0.6 is 11.8 Å². The van der Waals surface area contributed by atoms with Gasteiger partial charge in [0, 0.05) is 11.9 Å². The van der Waals surface area contributed by atoms with Crippen molar-refractivity contribution >= 4 is 33.6 Å². The molecule has 0 radical (unpaired) electrons. The summed E-state index contributed by atoms with van der Waals surface area (Å²) >= 11 is 1.53. The zero-order chi connectivity index (χ0) is 18.1. The minimum Gasteiger partial charge on any atom is -0.431 e. The van der Waals surface area contributed by atoms with Gasteiger partial charge in [-0.1, -0.05) is 71.6 Å². The van der Waals surface area contributed by atoms with Gasteiger partial charge in [0.1, 0.15) is 5.52 Å². The van der Waals surface area contributed by atoms with Crippen molar-refractivity contribution in [2.75, 3.05) is 0 Å². The molecule has 5 nitrogen and oxygen atoms in total. The van der Waals surface area contributed by atoms with E-state index in [-0.39, 0.29) is 0 Å². The summed E-state index contributed by atoms with van der Waals surface area (Å²) in [6.07, 6.45) is 1.98. The maximum Gasteiger partial charge on any atom is 0.257 e. The highest BCUT2D eigenvalue weighted by Gasteiger charge is 2.09. The largest absolute Gasteiger partial charge is 0.431 e. The van der Waals surface area contributed by atoms with Crippen LogP contribution in [-0.2, 0) is 12.3 Å². The molecule has 0 saturated heterocycles. The number of nitrogens with zero attached hydrogens (tertiary/aromatic N) is 4. The van der Waals surface area contributed by atoms with Crippen LogP contribution in [0.15, 0.2) is 82.6 Å². The van der Waals surface area contributed by atoms with Gasteiger partial charge in [-0.15, -0.1) is 5.10 Å². The number of oxazole rings is 1. The molecule has 0 saturated carbocycles. The molecule has 0 bridgehead atoms. The number of hydrogen-bond acceptors (Lipinski definition) is 5. The van der Waals surface area contributed by atoms with E-state index in [1.165, 1.54) is 28.1 Å². The Labute approximate surface area is 160 Å². The zero-order valence-electron chi connectivity index (χ0n) is 14.4. The topological polar surface area (TPSA) is 56.7 Å². The average molecular weight is 372 g/mol. The molecular formula is C21H16N4OS. The molecule has 27 heavy (non-hydrogen) atoms. The molecular weight excluding hydrogens is 356 g/mol. The van der Waals surface area contributed by atoms with E-state index in [4.69, 9.17) is 4.42 Å². The fraction of sp³-hybridized carbons (Fsp3) is 0.0952. The Hall–Kier alpha value is -3.12. The Morgan fingerprint density at radius 1 is 0.926 bits per heavy atom. The van der Waals surface area contributed by atoms with Crippen LogP contribution < -0.4 is 0 Å². The van der Waals surface area contributed by atoms with E-state index in [0.717, 1.165) is 16.8 Å². The molecule has 132 valence electrons. The van der Waals surface area contributed by atoms with Crippen LogP contribution in [0, 0.1) is 0 Å². The molecule has 2 aromatic heterocycles. The second-order valence-corrected chi connectivity index (χ2v) is 7.21. The lowest BCUT2D eigenvalue weighted by Crippen LogP contribution is -2.01. The van der Waals surface area contributed by atoms with Crippen molar-refractivity contribution in [3.63, 3.8) is 0 Å². The Morgan fingerprint density at radius 2 is 1.78 bits per heavy atom. The van der Waals surface area contributed by atoms with Gasteiger partial charge in [-0.05, 0) is 28.5 Å². The number of rotatable bonds is 5. The van der Waals surface area contributed by atoms with Gasteiger partial charge in [-0.2, -0.15) is 0 Å². The summed E-state index contributed by atoms with van der Waals surface area (Å²) in [4.78, 5) is 4.48. The Kier molecular flexibility index (Phi) is 4.10. The van der Waals surface area contributed by atoms with E-state index < -0.39 is 0 Å². The predicted molar refractivity (Wildman–Crippen MR) is 107 cm³/mol. The minimum absolute atomic E-state index is 0.653. The summed E-state index contributed by atoms with van der Waals surface area (Å²) in [5.74, 6) is 0.669. The van der Waals surface area contributed by atoms with Crippen molar-refractivity contribution in [1.29, 1.82) is 0 Å². The van der Waals surface area contributed by atoms with Crippen LogP contribution in [0.3, 0.4) is 0 Å². The SMILES string of the molecule is c1ccc2c(Cn3cc(CSc4nc5ccccc5o4)nn3)cccc2c1. The number of benzene rings is 3. The lowest BCUT2D eigenvalue weighted by Gasteiger charge is -2.05. The highest BCUT2D eigenvalue weighted by Crippen LogP contribution is 2.25. The molecule has 0 fully saturated rings. The molecule has 0 spiro atoms. The first kappa shape index (κ1) is 16.1. The fourth-order valence-corrected chi connectivity index (χ4v) is 3.85. The highest BCUT2D eigenvalue weighted by atomic mass is 32.2. The van der Waals surface area contributed by atoms with Gasteiger partial charge in [0.2, 0.25) is 0 Å². The molecule has 0 aliphatic rings. The van der Waals surface area contributed by atoms with Crippen molar-refractivity contribution in [2.45, 2.75) is 17.5 Å². The molecule has 6 heteroatoms. The molecule has 2 heterocycles. The van der Waals surface area contributed by atoms with Gasteiger partial charge < -0.3 is 4.42 Å². The van der Waals surface area contributed by atoms with E-state index in [9.17, 15) is 0 Å². The van der Waals surface area contributed by atoms with Gasteiger partial charge in [-0.25, -0.2) is 9.67 Å². The Morgan fingerprint density at radius 3 is 2.74 bits per heavy atom. The number of hydrogen-bond donors (Lipinski definition) is 0. The first-order chi connectivity index (χ1) is 13.3. The molecule has 0 N–H and O–H groups in total. The quantitative estimate of drug-likeness (QED) is 0.410. The smallest absolute Gasteiger partial charge is 0.257 e. The summed E-state index contributed by atoms with van der Waals surface area (Å²) in [5, 5.41) is 11.7. The monoisotopic (exact) mass is 372 g/mol. The van der Waals surface area contributed by atoms with Crippen molar-refractivity contribution in [3.05, 3.63) is 84.2 Å². The molecule has 0 atom stereocenters. The number of fused-ring (bicyclic) bond motifs is 2. The predicted octanol–water partition coefficient (Wildman–Crippen LogP) is 4.91. The van der Waals surface area contributed by atoms with E-state index in [2.05, 4.69) is 57.8 Å². The normalized spacial score (nSPS) is 11.4. The molecule has 3 aromatic carbocycles. The minimum atomic E-state index is 0.653. The van der Waals surface area contributed by atoms with Gasteiger partial charge in [0.25, 0.3) is 5.22 Å². The zero-order valence-corrected chi connectivity index (χ0v) is 15.3. The van der Waals surface area contributed by atoms with Crippen molar-refractivity contribution in [2.24, 2.45) is 0 Å². The Balaban J connectivity index is 1.31. The highest BCUT2D eigenvalue weighted by molar-refractivity contribution is 7.98. The third kappa shape index (κ3) is 3.31. The van der Waals surface area contributed by atoms with Gasteiger partial charge >= 0.3 is 0 Å². The molecule has 0 amide bonds. The molecule has 0 aliphatic heterocycles. The standard InChI is InChI=1S/C21H16N4OS/c1-2-9-18-15(6-1)7-5-8-16(18)12-25-13-17(23-24-25)14-27-21-22-19-10-3-4-11-20(19)26-21/h1-11,13H,12,14H2. The summed E-state index contributed by atoms with van der Waals surface area (Å²) in [7, 11) is 0. The van der Waals surface area contributed by atoms with Gasteiger partial charge in [-0.3, -0.25) is 0 Å². The van der Waals surface area contributed by atoms with E-state index in [1.54, 1.807) is 0 Å². The second kappa shape index (κ2) is 6.89. The van der Waals surface area contributed by atoms with Crippen molar-refractivity contribution < 1.29 is 4.42 Å².